The molecule has 0 aliphatic heterocycles. The minimum atomic E-state index is 0.480. The molecule has 0 saturated heterocycles. The van der Waals surface area contributed by atoms with Crippen LogP contribution in [-0.2, 0) is 6.54 Å². The predicted molar refractivity (Wildman–Crippen MR) is 48.0 cm³/mol. The van der Waals surface area contributed by atoms with Gasteiger partial charge < -0.3 is 0 Å². The van der Waals surface area contributed by atoms with E-state index < -0.39 is 0 Å². The molecule has 0 amide bonds. The minimum Gasteiger partial charge on any atom is -0.233 e. The number of benzene rings is 1. The van der Waals surface area contributed by atoms with Crippen LogP contribution >= 0.6 is 0 Å². The van der Waals surface area contributed by atoms with Gasteiger partial charge in [0.05, 0.1) is 11.8 Å². The molecule has 1 rings (SSSR count). The summed E-state index contributed by atoms with van der Waals surface area (Å²) in [5.74, 6) is 0. The van der Waals surface area contributed by atoms with E-state index in [-0.39, 0.29) is 0 Å². The number of rotatable bonds is 4. The zero-order valence-electron chi connectivity index (χ0n) is 6.68. The van der Waals surface area contributed by atoms with Gasteiger partial charge in [0.2, 0.25) is 0 Å². The van der Waals surface area contributed by atoms with Gasteiger partial charge in [-0.05, 0) is 5.56 Å². The topological polar surface area (TPSA) is 32.7 Å². The Morgan fingerprint density at radius 2 is 2.08 bits per heavy atom. The maximum Gasteiger partial charge on any atom is 0.0691 e. The quantitative estimate of drug-likeness (QED) is 0.502. The fourth-order valence-electron chi connectivity index (χ4n) is 0.897. The second-order valence-corrected chi connectivity index (χ2v) is 2.35. The third kappa shape index (κ3) is 2.20. The van der Waals surface area contributed by atoms with E-state index in [0.717, 1.165) is 5.56 Å². The van der Waals surface area contributed by atoms with Crippen molar-refractivity contribution >= 4 is 0 Å². The van der Waals surface area contributed by atoms with Crippen molar-refractivity contribution in [2.24, 2.45) is 5.29 Å². The number of nitrogens with zero attached hydrogens (tertiary/aromatic N) is 2. The van der Waals surface area contributed by atoms with E-state index in [1.165, 1.54) is 11.2 Å². The van der Waals surface area contributed by atoms with Gasteiger partial charge in [0.15, 0.2) is 0 Å². The van der Waals surface area contributed by atoms with Crippen molar-refractivity contribution < 1.29 is 0 Å². The Balaban J connectivity index is 2.62. The first-order valence-electron chi connectivity index (χ1n) is 3.63. The highest BCUT2D eigenvalue weighted by Gasteiger charge is 1.97. The lowest BCUT2D eigenvalue weighted by molar-refractivity contribution is 0.388. The van der Waals surface area contributed by atoms with E-state index in [4.69, 9.17) is 0 Å². The SMILES string of the molecule is C=CN(Cc1ccccc1)N=O. The minimum absolute atomic E-state index is 0.480. The van der Waals surface area contributed by atoms with E-state index in [9.17, 15) is 4.91 Å². The van der Waals surface area contributed by atoms with Gasteiger partial charge in [0.1, 0.15) is 0 Å². The summed E-state index contributed by atoms with van der Waals surface area (Å²) in [7, 11) is 0. The number of hydrogen-bond donors (Lipinski definition) is 0. The van der Waals surface area contributed by atoms with Crippen LogP contribution in [0.4, 0.5) is 0 Å². The average molecular weight is 162 g/mol. The second kappa shape index (κ2) is 4.28. The molecule has 0 aromatic heterocycles. The van der Waals surface area contributed by atoms with Crippen LogP contribution in [0, 0.1) is 4.91 Å². The zero-order valence-corrected chi connectivity index (χ0v) is 6.68. The van der Waals surface area contributed by atoms with Crippen molar-refractivity contribution in [3.63, 3.8) is 0 Å². The van der Waals surface area contributed by atoms with Gasteiger partial charge in [0, 0.05) is 6.20 Å². The Morgan fingerprint density at radius 3 is 2.58 bits per heavy atom. The summed E-state index contributed by atoms with van der Waals surface area (Å²) >= 11 is 0. The van der Waals surface area contributed by atoms with Crippen LogP contribution in [-0.4, -0.2) is 5.01 Å². The average Bonchev–Trinajstić information content (AvgIpc) is 2.16. The van der Waals surface area contributed by atoms with E-state index in [0.29, 0.717) is 6.54 Å². The monoisotopic (exact) mass is 162 g/mol. The van der Waals surface area contributed by atoms with Crippen molar-refractivity contribution in [1.29, 1.82) is 0 Å². The molecule has 0 heterocycles. The summed E-state index contributed by atoms with van der Waals surface area (Å²) < 4.78 is 0. The molecule has 3 heteroatoms. The summed E-state index contributed by atoms with van der Waals surface area (Å²) in [5.41, 5.74) is 1.04. The Labute approximate surface area is 71.3 Å². The highest BCUT2D eigenvalue weighted by Crippen LogP contribution is 2.03. The lowest BCUT2D eigenvalue weighted by atomic mass is 10.2. The van der Waals surface area contributed by atoms with Crippen molar-refractivity contribution in [3.8, 4) is 0 Å². The molecule has 0 saturated carbocycles. The smallest absolute Gasteiger partial charge is 0.0691 e. The summed E-state index contributed by atoms with van der Waals surface area (Å²) in [6, 6.07) is 9.63. The van der Waals surface area contributed by atoms with Crippen molar-refractivity contribution in [2.75, 3.05) is 0 Å². The van der Waals surface area contributed by atoms with E-state index in [2.05, 4.69) is 11.9 Å². The Bertz CT molecular complexity index is 250. The molecule has 0 aliphatic carbocycles. The van der Waals surface area contributed by atoms with Gasteiger partial charge >= 0.3 is 0 Å². The van der Waals surface area contributed by atoms with Crippen LogP contribution in [0.1, 0.15) is 5.56 Å². The maximum atomic E-state index is 10.1. The van der Waals surface area contributed by atoms with Crippen LogP contribution in [0.15, 0.2) is 48.4 Å². The van der Waals surface area contributed by atoms with Crippen LogP contribution in [0.3, 0.4) is 0 Å². The van der Waals surface area contributed by atoms with Crippen molar-refractivity contribution in [1.82, 2.24) is 5.01 Å². The summed E-state index contributed by atoms with van der Waals surface area (Å²) in [6.45, 7) is 3.94. The van der Waals surface area contributed by atoms with Gasteiger partial charge in [-0.1, -0.05) is 36.9 Å². The molecular weight excluding hydrogens is 152 g/mol. The summed E-state index contributed by atoms with van der Waals surface area (Å²) in [5, 5.41) is 4.01. The second-order valence-electron chi connectivity index (χ2n) is 2.35. The first-order chi connectivity index (χ1) is 5.86. The van der Waals surface area contributed by atoms with E-state index in [1.54, 1.807) is 0 Å². The van der Waals surface area contributed by atoms with E-state index in [1.807, 2.05) is 30.3 Å². The normalized spacial score (nSPS) is 9.00. The molecule has 0 atom stereocenters. The first kappa shape index (κ1) is 8.46. The van der Waals surface area contributed by atoms with Crippen LogP contribution < -0.4 is 0 Å². The first-order valence-corrected chi connectivity index (χ1v) is 3.63. The molecule has 0 bridgehead atoms. The molecule has 0 unspecified atom stereocenters. The molecule has 12 heavy (non-hydrogen) atoms. The van der Waals surface area contributed by atoms with Gasteiger partial charge in [-0.3, -0.25) is 0 Å². The molecule has 62 valence electrons. The standard InChI is InChI=1S/C9H10N2O/c1-2-11(10-12)8-9-6-4-3-5-7-9/h2-7H,1,8H2. The Hall–Kier alpha value is -1.64. The van der Waals surface area contributed by atoms with Crippen LogP contribution in [0.25, 0.3) is 0 Å². The molecular formula is C9H10N2O. The van der Waals surface area contributed by atoms with Crippen LogP contribution in [0.2, 0.25) is 0 Å². The largest absolute Gasteiger partial charge is 0.233 e. The maximum absolute atomic E-state index is 10.1. The lowest BCUT2D eigenvalue weighted by Crippen LogP contribution is -2.07. The molecule has 0 aliphatic rings. The molecule has 0 spiro atoms. The number of nitroso groups, excluding NO2 is 1. The van der Waals surface area contributed by atoms with Gasteiger partial charge in [-0.25, -0.2) is 5.01 Å². The molecule has 3 nitrogen and oxygen atoms in total. The molecule has 0 radical (unpaired) electrons. The third-order valence-electron chi connectivity index (χ3n) is 1.50. The zero-order chi connectivity index (χ0) is 8.81. The van der Waals surface area contributed by atoms with Crippen molar-refractivity contribution in [2.45, 2.75) is 6.54 Å². The fourth-order valence-corrected chi connectivity index (χ4v) is 0.897. The lowest BCUT2D eigenvalue weighted by Gasteiger charge is -2.08. The van der Waals surface area contributed by atoms with E-state index >= 15 is 0 Å². The predicted octanol–water partition coefficient (Wildman–Crippen LogP) is 2.31. The Morgan fingerprint density at radius 1 is 1.42 bits per heavy atom. The van der Waals surface area contributed by atoms with Gasteiger partial charge in [0.25, 0.3) is 0 Å². The van der Waals surface area contributed by atoms with Crippen LogP contribution in [0.5, 0.6) is 0 Å². The molecule has 1 aromatic carbocycles. The van der Waals surface area contributed by atoms with Crippen molar-refractivity contribution in [3.05, 3.63) is 53.6 Å². The number of hydrogen-bond acceptors (Lipinski definition) is 2. The highest BCUT2D eigenvalue weighted by molar-refractivity contribution is 5.14. The summed E-state index contributed by atoms with van der Waals surface area (Å²) in [4.78, 5) is 10.1. The molecule has 0 fully saturated rings. The third-order valence-corrected chi connectivity index (χ3v) is 1.50. The Kier molecular flexibility index (Phi) is 3.02. The van der Waals surface area contributed by atoms with Gasteiger partial charge in [-0.2, -0.15) is 0 Å². The molecule has 0 N–H and O–H groups in total. The highest BCUT2D eigenvalue weighted by atomic mass is 16.3. The summed E-state index contributed by atoms with van der Waals surface area (Å²) in [6.07, 6.45) is 1.40. The fraction of sp³-hybridized carbons (Fsp3) is 0.111. The van der Waals surface area contributed by atoms with Gasteiger partial charge in [-0.15, -0.1) is 4.91 Å². The molecule has 1 aromatic rings.